The number of methoxy groups -OCH3 is 2. The second-order valence-electron chi connectivity index (χ2n) is 14.5. The molecule has 3 saturated heterocycles. The molecule has 0 saturated carbocycles. The van der Waals surface area contributed by atoms with E-state index in [9.17, 15) is 24.9 Å². The number of ether oxygens (including phenoxy) is 8. The van der Waals surface area contributed by atoms with Crippen molar-refractivity contribution in [2.45, 2.75) is 146 Å². The summed E-state index contributed by atoms with van der Waals surface area (Å²) in [4.78, 5) is 28.5. The topological polar surface area (TPSA) is 175 Å². The molecule has 286 valence electrons. The van der Waals surface area contributed by atoms with E-state index in [2.05, 4.69) is 0 Å². The van der Waals surface area contributed by atoms with Crippen molar-refractivity contribution in [1.29, 1.82) is 0 Å². The van der Waals surface area contributed by atoms with Gasteiger partial charge in [0.25, 0.3) is 0 Å². The maximum atomic E-state index is 13.3. The smallest absolute Gasteiger partial charge is 0.330 e. The third-order valence-electron chi connectivity index (χ3n) is 10.5. The number of fused-ring (bicyclic) bond motifs is 1. The molecule has 0 aromatic carbocycles. The molecule has 16 atom stereocenters. The first-order chi connectivity index (χ1) is 23.6. The molecule has 50 heavy (non-hydrogen) atoms. The van der Waals surface area contributed by atoms with E-state index in [0.29, 0.717) is 19.3 Å². The molecule has 9 unspecified atom stereocenters. The molecule has 0 radical (unpaired) electrons. The van der Waals surface area contributed by atoms with Crippen LogP contribution in [0.4, 0.5) is 0 Å². The highest BCUT2D eigenvalue weighted by Gasteiger charge is 2.59. The van der Waals surface area contributed by atoms with Gasteiger partial charge in [0, 0.05) is 38.2 Å². The van der Waals surface area contributed by atoms with Crippen molar-refractivity contribution in [1.82, 2.24) is 4.90 Å². The van der Waals surface area contributed by atoms with Crippen LogP contribution in [0.1, 0.15) is 60.3 Å². The summed E-state index contributed by atoms with van der Waals surface area (Å²) in [7, 11) is 6.70. The average Bonchev–Trinajstić information content (AvgIpc) is 3.87. The number of aliphatic hydroxyl groups is 3. The molecule has 4 aliphatic rings. The van der Waals surface area contributed by atoms with E-state index in [1.54, 1.807) is 26.0 Å². The lowest BCUT2D eigenvalue weighted by atomic mass is 9.89. The van der Waals surface area contributed by atoms with Crippen molar-refractivity contribution in [2.24, 2.45) is 11.8 Å². The normalized spacial score (nSPS) is 46.2. The fourth-order valence-electron chi connectivity index (χ4n) is 7.15. The molecular weight excluding hydrogens is 654 g/mol. The Morgan fingerprint density at radius 2 is 1.62 bits per heavy atom. The fraction of sp³-hybridized carbons (Fsp3) is 0.833. The van der Waals surface area contributed by atoms with Crippen LogP contribution in [0.3, 0.4) is 0 Å². The molecule has 0 spiro atoms. The summed E-state index contributed by atoms with van der Waals surface area (Å²) < 4.78 is 47.2. The third-order valence-corrected chi connectivity index (χ3v) is 10.5. The third kappa shape index (κ3) is 9.58. The second-order valence-corrected chi connectivity index (χ2v) is 14.5. The summed E-state index contributed by atoms with van der Waals surface area (Å²) in [5.74, 6) is -1.49. The largest absolute Gasteiger partial charge is 0.456 e. The van der Waals surface area contributed by atoms with E-state index in [1.807, 2.05) is 39.8 Å². The maximum Gasteiger partial charge on any atom is 0.330 e. The van der Waals surface area contributed by atoms with E-state index in [4.69, 9.17) is 37.9 Å². The van der Waals surface area contributed by atoms with E-state index >= 15 is 0 Å². The zero-order valence-corrected chi connectivity index (χ0v) is 30.9. The molecule has 0 aromatic rings. The summed E-state index contributed by atoms with van der Waals surface area (Å²) in [5, 5.41) is 33.9. The van der Waals surface area contributed by atoms with Gasteiger partial charge in [0.1, 0.15) is 42.7 Å². The Morgan fingerprint density at radius 1 is 0.920 bits per heavy atom. The number of esters is 1. The van der Waals surface area contributed by atoms with Gasteiger partial charge in [-0.05, 0) is 65.8 Å². The first kappa shape index (κ1) is 40.9. The molecule has 0 bridgehead atoms. The number of allylic oxidation sites excluding steroid dienone is 1. The van der Waals surface area contributed by atoms with Crippen LogP contribution in [0.2, 0.25) is 0 Å². The van der Waals surface area contributed by atoms with Gasteiger partial charge in [-0.3, -0.25) is 4.79 Å². The molecule has 0 aromatic heterocycles. The van der Waals surface area contributed by atoms with Crippen molar-refractivity contribution < 1.29 is 62.8 Å². The van der Waals surface area contributed by atoms with Gasteiger partial charge in [0.15, 0.2) is 24.0 Å². The van der Waals surface area contributed by atoms with Gasteiger partial charge in [-0.1, -0.05) is 26.8 Å². The van der Waals surface area contributed by atoms with Crippen molar-refractivity contribution in [2.75, 3.05) is 34.9 Å². The predicted octanol–water partition coefficient (Wildman–Crippen LogP) is 1.52. The summed E-state index contributed by atoms with van der Waals surface area (Å²) in [6.45, 7) is 8.72. The number of likely N-dealkylation sites (N-methyl/N-ethyl adjacent to an activating group) is 1. The molecule has 0 aliphatic carbocycles. The number of epoxide rings is 1. The first-order valence-electron chi connectivity index (χ1n) is 17.8. The number of rotatable bonds is 9. The number of aliphatic hydroxyl groups excluding tert-OH is 2. The van der Waals surface area contributed by atoms with E-state index in [0.717, 1.165) is 0 Å². The summed E-state index contributed by atoms with van der Waals surface area (Å²) in [5.41, 5.74) is -1.85. The Kier molecular flexibility index (Phi) is 14.6. The van der Waals surface area contributed by atoms with Crippen molar-refractivity contribution in [3.63, 3.8) is 0 Å². The Morgan fingerprint density at radius 3 is 2.26 bits per heavy atom. The van der Waals surface area contributed by atoms with Gasteiger partial charge in [0.05, 0.1) is 24.9 Å². The summed E-state index contributed by atoms with van der Waals surface area (Å²) >= 11 is 0. The quantitative estimate of drug-likeness (QED) is 0.232. The van der Waals surface area contributed by atoms with Crippen molar-refractivity contribution >= 4 is 11.8 Å². The number of carbonyl (C=O) groups is 2. The lowest BCUT2D eigenvalue weighted by Crippen LogP contribution is -2.60. The Labute approximate surface area is 295 Å². The van der Waals surface area contributed by atoms with Gasteiger partial charge in [-0.2, -0.15) is 0 Å². The van der Waals surface area contributed by atoms with Gasteiger partial charge in [-0.25, -0.2) is 4.79 Å². The average molecular weight is 714 g/mol. The van der Waals surface area contributed by atoms with Crippen LogP contribution < -0.4 is 0 Å². The van der Waals surface area contributed by atoms with Crippen LogP contribution in [-0.4, -0.2) is 152 Å². The molecule has 4 aliphatic heterocycles. The number of cyclic esters (lactones) is 1. The maximum absolute atomic E-state index is 13.3. The minimum atomic E-state index is -1.85. The molecular formula is C36H59NO13. The second kappa shape index (κ2) is 17.8. The van der Waals surface area contributed by atoms with E-state index in [1.165, 1.54) is 26.4 Å². The zero-order chi connectivity index (χ0) is 36.9. The van der Waals surface area contributed by atoms with Gasteiger partial charge < -0.3 is 58.1 Å². The number of carbonyl (C=O) groups excluding carboxylic acids is 2. The number of hydrogen-bond acceptors (Lipinski definition) is 14. The molecule has 3 fully saturated rings. The van der Waals surface area contributed by atoms with Gasteiger partial charge in [-0.15, -0.1) is 0 Å². The van der Waals surface area contributed by atoms with Crippen LogP contribution in [0, 0.1) is 11.8 Å². The molecule has 4 heterocycles. The number of nitrogens with zero attached hydrogens (tertiary/aromatic N) is 1. The molecule has 3 N–H and O–H groups in total. The Bertz CT molecular complexity index is 1180. The lowest BCUT2D eigenvalue weighted by molar-refractivity contribution is -0.313. The lowest BCUT2D eigenvalue weighted by Gasteiger charge is -2.43. The van der Waals surface area contributed by atoms with Crippen LogP contribution >= 0.6 is 0 Å². The zero-order valence-electron chi connectivity index (χ0n) is 30.9. The molecule has 14 heteroatoms. The Balaban J connectivity index is 1.57. The van der Waals surface area contributed by atoms with Crippen LogP contribution in [0.15, 0.2) is 24.3 Å². The number of hydrogen-bond donors (Lipinski definition) is 3. The highest BCUT2D eigenvalue weighted by Crippen LogP contribution is 2.40. The monoisotopic (exact) mass is 713 g/mol. The van der Waals surface area contributed by atoms with Crippen molar-refractivity contribution in [3.05, 3.63) is 24.3 Å². The van der Waals surface area contributed by atoms with Gasteiger partial charge >= 0.3 is 5.97 Å². The van der Waals surface area contributed by atoms with Gasteiger partial charge in [0.2, 0.25) is 0 Å². The SMILES string of the molecule is CC[C@H]1OC(=O)/C=C/[C@H](C)[C@@H](OC2OC(C)CC(N(C)C)C2O)CC[C@@H](C)C(=O)/C=C/[C@H]2O[C@@H]2[C@]1(O)COC1OC(C)C(O)C(OC)C1OC. The molecule has 14 nitrogen and oxygen atoms in total. The minimum Gasteiger partial charge on any atom is -0.456 e. The van der Waals surface area contributed by atoms with Crippen LogP contribution in [-0.2, 0) is 47.5 Å². The number of ketones is 1. The molecule has 4 rings (SSSR count). The highest BCUT2D eigenvalue weighted by atomic mass is 16.7. The predicted molar refractivity (Wildman–Crippen MR) is 180 cm³/mol. The summed E-state index contributed by atoms with van der Waals surface area (Å²) in [6.07, 6.45) is -1.38. The van der Waals surface area contributed by atoms with Crippen LogP contribution in [0.25, 0.3) is 0 Å². The van der Waals surface area contributed by atoms with E-state index < -0.39 is 79.1 Å². The first-order valence-corrected chi connectivity index (χ1v) is 17.8. The minimum absolute atomic E-state index is 0.113. The standard InChI is InChI=1S/C36H59NO13/c1-10-27-36(42,18-45-35-32(44-9)31(43-8)29(40)22(5)47-35)33-26(48-33)15-13-24(38)19(2)11-14-25(20(3)12-16-28(39)50-27)49-34-30(41)23(37(6)7)17-21(4)46-34/h12-13,15-16,19-23,25-27,29-35,40-42H,10-11,14,17-18H2,1-9H3/b15-13+,16-12+/t19-,20+,21?,22?,23?,25+,26-,27-,29?,30?,31?,32?,33+,34?,35?,36+/m1/s1. The fourth-order valence-corrected chi connectivity index (χ4v) is 7.15. The highest BCUT2D eigenvalue weighted by molar-refractivity contribution is 5.91. The van der Waals surface area contributed by atoms with Crippen LogP contribution in [0.5, 0.6) is 0 Å². The van der Waals surface area contributed by atoms with E-state index in [-0.39, 0.29) is 42.8 Å². The van der Waals surface area contributed by atoms with Crippen molar-refractivity contribution in [3.8, 4) is 0 Å². The summed E-state index contributed by atoms with van der Waals surface area (Å²) in [6, 6.07) is -0.162. The molecule has 0 amide bonds. The Hall–Kier alpha value is -1.82.